The first kappa shape index (κ1) is 12.0. The van der Waals surface area contributed by atoms with Crippen LogP contribution < -0.4 is 10.1 Å². The average molecular weight is 247 g/mol. The normalized spacial score (nSPS) is 27.3. The Balaban J connectivity index is 1.47. The van der Waals surface area contributed by atoms with Crippen LogP contribution in [0.3, 0.4) is 0 Å². The van der Waals surface area contributed by atoms with Crippen LogP contribution in [0.25, 0.3) is 0 Å². The van der Waals surface area contributed by atoms with Crippen molar-refractivity contribution in [1.82, 2.24) is 5.32 Å². The molecule has 2 aliphatic rings. The predicted octanol–water partition coefficient (Wildman–Crippen LogP) is 2.15. The van der Waals surface area contributed by atoms with Gasteiger partial charge in [0.2, 0.25) is 0 Å². The smallest absolute Gasteiger partial charge is 0.123 e. The Labute approximate surface area is 108 Å². The van der Waals surface area contributed by atoms with Gasteiger partial charge in [-0.25, -0.2) is 0 Å². The average Bonchev–Trinajstić information content (AvgIpc) is 2.63. The number of para-hydroxylation sites is 1. The van der Waals surface area contributed by atoms with Gasteiger partial charge in [0.15, 0.2) is 0 Å². The summed E-state index contributed by atoms with van der Waals surface area (Å²) in [6.45, 7) is 2.76. The lowest BCUT2D eigenvalue weighted by atomic mass is 10.1. The van der Waals surface area contributed by atoms with Gasteiger partial charge in [-0.3, -0.25) is 0 Å². The highest BCUT2D eigenvalue weighted by molar-refractivity contribution is 5.37. The molecule has 3 rings (SSSR count). The van der Waals surface area contributed by atoms with Crippen LogP contribution in [0, 0.1) is 0 Å². The number of benzene rings is 1. The van der Waals surface area contributed by atoms with E-state index in [2.05, 4.69) is 23.5 Å². The third-order valence-electron chi connectivity index (χ3n) is 3.80. The van der Waals surface area contributed by atoms with Gasteiger partial charge < -0.3 is 14.8 Å². The molecule has 2 atom stereocenters. The van der Waals surface area contributed by atoms with Gasteiger partial charge in [-0.15, -0.1) is 0 Å². The highest BCUT2D eigenvalue weighted by atomic mass is 16.5. The first-order valence-corrected chi connectivity index (χ1v) is 6.97. The molecular formula is C15H21NO2. The molecule has 18 heavy (non-hydrogen) atoms. The third-order valence-corrected chi connectivity index (χ3v) is 3.80. The highest BCUT2D eigenvalue weighted by Crippen LogP contribution is 2.27. The van der Waals surface area contributed by atoms with Crippen LogP contribution in [0.2, 0.25) is 0 Å². The SMILES string of the molecule is c1ccc2c(c1)CC(CNC1CCCOCC1)O2. The molecule has 2 aliphatic heterocycles. The van der Waals surface area contributed by atoms with Crippen molar-refractivity contribution in [3.63, 3.8) is 0 Å². The molecule has 0 radical (unpaired) electrons. The van der Waals surface area contributed by atoms with Gasteiger partial charge in [-0.1, -0.05) is 18.2 Å². The molecule has 2 unspecified atom stereocenters. The van der Waals surface area contributed by atoms with E-state index in [1.807, 2.05) is 6.07 Å². The second kappa shape index (κ2) is 5.72. The van der Waals surface area contributed by atoms with Crippen LogP contribution in [0.1, 0.15) is 24.8 Å². The zero-order chi connectivity index (χ0) is 12.2. The van der Waals surface area contributed by atoms with E-state index in [1.54, 1.807) is 0 Å². The summed E-state index contributed by atoms with van der Waals surface area (Å²) in [5.41, 5.74) is 1.34. The standard InChI is InChI=1S/C15H21NO2/c1-2-6-15-12(4-1)10-14(18-15)11-16-13-5-3-8-17-9-7-13/h1-2,4,6,13-14,16H,3,5,7-11H2. The van der Waals surface area contributed by atoms with E-state index >= 15 is 0 Å². The van der Waals surface area contributed by atoms with Crippen LogP contribution in [0.5, 0.6) is 5.75 Å². The zero-order valence-electron chi connectivity index (χ0n) is 10.7. The Kier molecular flexibility index (Phi) is 3.81. The summed E-state index contributed by atoms with van der Waals surface area (Å²) in [6.07, 6.45) is 4.85. The van der Waals surface area contributed by atoms with E-state index < -0.39 is 0 Å². The molecule has 1 saturated heterocycles. The summed E-state index contributed by atoms with van der Waals surface area (Å²) in [4.78, 5) is 0. The van der Waals surface area contributed by atoms with E-state index in [9.17, 15) is 0 Å². The van der Waals surface area contributed by atoms with Crippen molar-refractivity contribution in [3.8, 4) is 5.75 Å². The van der Waals surface area contributed by atoms with Crippen molar-refractivity contribution >= 4 is 0 Å². The zero-order valence-corrected chi connectivity index (χ0v) is 10.7. The minimum absolute atomic E-state index is 0.298. The van der Waals surface area contributed by atoms with Crippen LogP contribution in [-0.4, -0.2) is 31.9 Å². The Morgan fingerprint density at radius 2 is 2.11 bits per heavy atom. The molecule has 0 amide bonds. The Hall–Kier alpha value is -1.06. The lowest BCUT2D eigenvalue weighted by Crippen LogP contribution is -2.37. The maximum absolute atomic E-state index is 5.94. The predicted molar refractivity (Wildman–Crippen MR) is 71.0 cm³/mol. The second-order valence-corrected chi connectivity index (χ2v) is 5.20. The lowest BCUT2D eigenvalue weighted by molar-refractivity contribution is 0.142. The monoisotopic (exact) mass is 247 g/mol. The van der Waals surface area contributed by atoms with Crippen LogP contribution in [0.15, 0.2) is 24.3 Å². The Bertz CT molecular complexity index is 361. The van der Waals surface area contributed by atoms with Crippen LogP contribution in [0.4, 0.5) is 0 Å². The van der Waals surface area contributed by atoms with E-state index in [-0.39, 0.29) is 0 Å². The minimum atomic E-state index is 0.298. The number of fused-ring (bicyclic) bond motifs is 1. The summed E-state index contributed by atoms with van der Waals surface area (Å²) in [7, 11) is 0. The molecule has 0 aromatic heterocycles. The van der Waals surface area contributed by atoms with E-state index in [1.165, 1.54) is 18.4 Å². The molecule has 2 heterocycles. The molecule has 98 valence electrons. The van der Waals surface area contributed by atoms with Crippen molar-refractivity contribution < 1.29 is 9.47 Å². The van der Waals surface area contributed by atoms with Gasteiger partial charge in [0.05, 0.1) is 0 Å². The van der Waals surface area contributed by atoms with Crippen molar-refractivity contribution in [1.29, 1.82) is 0 Å². The molecule has 1 N–H and O–H groups in total. The molecular weight excluding hydrogens is 226 g/mol. The van der Waals surface area contributed by atoms with Crippen molar-refractivity contribution in [2.75, 3.05) is 19.8 Å². The molecule has 1 aromatic carbocycles. The summed E-state index contributed by atoms with van der Waals surface area (Å²) in [5, 5.41) is 3.63. The second-order valence-electron chi connectivity index (χ2n) is 5.20. The summed E-state index contributed by atoms with van der Waals surface area (Å²) in [5.74, 6) is 1.06. The van der Waals surface area contributed by atoms with Crippen molar-refractivity contribution in [2.24, 2.45) is 0 Å². The third kappa shape index (κ3) is 2.85. The lowest BCUT2D eigenvalue weighted by Gasteiger charge is -2.18. The molecule has 3 nitrogen and oxygen atoms in total. The molecule has 1 fully saturated rings. The van der Waals surface area contributed by atoms with Crippen LogP contribution in [-0.2, 0) is 11.2 Å². The van der Waals surface area contributed by atoms with Crippen molar-refractivity contribution in [2.45, 2.75) is 37.8 Å². The summed E-state index contributed by atoms with van der Waals surface area (Å²) >= 11 is 0. The number of nitrogens with one attached hydrogen (secondary N) is 1. The molecule has 0 aliphatic carbocycles. The van der Waals surface area contributed by atoms with Crippen LogP contribution >= 0.6 is 0 Å². The van der Waals surface area contributed by atoms with E-state index in [4.69, 9.17) is 9.47 Å². The van der Waals surface area contributed by atoms with Gasteiger partial charge in [0.25, 0.3) is 0 Å². The van der Waals surface area contributed by atoms with Gasteiger partial charge >= 0.3 is 0 Å². The topological polar surface area (TPSA) is 30.5 Å². The Morgan fingerprint density at radius 3 is 3.06 bits per heavy atom. The quantitative estimate of drug-likeness (QED) is 0.887. The van der Waals surface area contributed by atoms with E-state index in [0.29, 0.717) is 12.1 Å². The molecule has 0 bridgehead atoms. The fourth-order valence-electron chi connectivity index (χ4n) is 2.77. The first-order valence-electron chi connectivity index (χ1n) is 6.97. The number of ether oxygens (including phenoxy) is 2. The summed E-state index contributed by atoms with van der Waals surface area (Å²) in [6, 6.07) is 8.95. The Morgan fingerprint density at radius 1 is 1.17 bits per heavy atom. The largest absolute Gasteiger partial charge is 0.488 e. The number of hydrogen-bond acceptors (Lipinski definition) is 3. The summed E-state index contributed by atoms with van der Waals surface area (Å²) < 4.78 is 11.4. The number of hydrogen-bond donors (Lipinski definition) is 1. The maximum atomic E-state index is 5.94. The minimum Gasteiger partial charge on any atom is -0.488 e. The molecule has 0 spiro atoms. The molecule has 0 saturated carbocycles. The van der Waals surface area contributed by atoms with E-state index in [0.717, 1.165) is 38.3 Å². The fourth-order valence-corrected chi connectivity index (χ4v) is 2.77. The maximum Gasteiger partial charge on any atom is 0.123 e. The first-order chi connectivity index (χ1) is 8.92. The highest BCUT2D eigenvalue weighted by Gasteiger charge is 2.23. The fraction of sp³-hybridized carbons (Fsp3) is 0.600. The molecule has 1 aromatic rings. The van der Waals surface area contributed by atoms with Gasteiger partial charge in [-0.2, -0.15) is 0 Å². The van der Waals surface area contributed by atoms with Gasteiger partial charge in [-0.05, 0) is 30.9 Å². The molecule has 3 heteroatoms. The number of rotatable bonds is 3. The van der Waals surface area contributed by atoms with Gasteiger partial charge in [0, 0.05) is 32.2 Å². The van der Waals surface area contributed by atoms with Gasteiger partial charge in [0.1, 0.15) is 11.9 Å². The van der Waals surface area contributed by atoms with Crippen molar-refractivity contribution in [3.05, 3.63) is 29.8 Å².